The molecule has 1 saturated heterocycles. The van der Waals surface area contributed by atoms with Gasteiger partial charge in [-0.3, -0.25) is 19.3 Å². The van der Waals surface area contributed by atoms with Gasteiger partial charge in [-0.15, -0.1) is 23.1 Å². The van der Waals surface area contributed by atoms with Crippen LogP contribution in [0.4, 0.5) is 0 Å². The number of thioether (sulfide) groups is 1. The minimum atomic E-state index is -0.771. The van der Waals surface area contributed by atoms with Crippen LogP contribution in [0.5, 0.6) is 0 Å². The van der Waals surface area contributed by atoms with Gasteiger partial charge in [-0.2, -0.15) is 0 Å². The average Bonchev–Trinajstić information content (AvgIpc) is 3.16. The highest BCUT2D eigenvalue weighted by Gasteiger charge is 2.43. The number of nitrogens with one attached hydrogen (secondary N) is 1. The molecule has 122 valence electrons. The zero-order chi connectivity index (χ0) is 16.7. The van der Waals surface area contributed by atoms with Gasteiger partial charge in [0.2, 0.25) is 5.91 Å². The SMILES string of the molecule is O=C1NCC(c2cccs2)SCC1N1C(=O)c2ccccc2C1=O. The Balaban J connectivity index is 1.59. The summed E-state index contributed by atoms with van der Waals surface area (Å²) in [7, 11) is 0. The molecule has 5 nitrogen and oxygen atoms in total. The summed E-state index contributed by atoms with van der Waals surface area (Å²) in [5, 5.41) is 5.03. The second-order valence-electron chi connectivity index (χ2n) is 5.62. The van der Waals surface area contributed by atoms with E-state index in [0.29, 0.717) is 23.4 Å². The molecule has 2 unspecified atom stereocenters. The summed E-state index contributed by atoms with van der Waals surface area (Å²) in [5.41, 5.74) is 0.749. The van der Waals surface area contributed by atoms with Crippen molar-refractivity contribution in [2.75, 3.05) is 12.3 Å². The van der Waals surface area contributed by atoms with Crippen LogP contribution >= 0.6 is 23.1 Å². The molecule has 2 aliphatic rings. The van der Waals surface area contributed by atoms with Crippen LogP contribution in [-0.4, -0.2) is 41.0 Å². The van der Waals surface area contributed by atoms with Crippen molar-refractivity contribution in [1.29, 1.82) is 0 Å². The number of hydrogen-bond donors (Lipinski definition) is 1. The minimum Gasteiger partial charge on any atom is -0.353 e. The summed E-state index contributed by atoms with van der Waals surface area (Å²) >= 11 is 3.25. The fourth-order valence-corrected chi connectivity index (χ4v) is 5.23. The Morgan fingerprint density at radius 2 is 1.71 bits per heavy atom. The van der Waals surface area contributed by atoms with Gasteiger partial charge in [0, 0.05) is 17.2 Å². The molecule has 0 saturated carbocycles. The minimum absolute atomic E-state index is 0.147. The van der Waals surface area contributed by atoms with Gasteiger partial charge < -0.3 is 5.32 Å². The largest absolute Gasteiger partial charge is 0.353 e. The van der Waals surface area contributed by atoms with E-state index in [9.17, 15) is 14.4 Å². The van der Waals surface area contributed by atoms with E-state index in [-0.39, 0.29) is 23.0 Å². The van der Waals surface area contributed by atoms with E-state index in [4.69, 9.17) is 0 Å². The number of benzene rings is 1. The topological polar surface area (TPSA) is 66.5 Å². The molecule has 1 N–H and O–H groups in total. The Morgan fingerprint density at radius 1 is 1.00 bits per heavy atom. The van der Waals surface area contributed by atoms with E-state index in [0.717, 1.165) is 4.90 Å². The van der Waals surface area contributed by atoms with E-state index < -0.39 is 6.04 Å². The molecule has 4 rings (SSSR count). The third-order valence-electron chi connectivity index (χ3n) is 4.22. The van der Waals surface area contributed by atoms with Crippen molar-refractivity contribution in [2.24, 2.45) is 0 Å². The Kier molecular flexibility index (Phi) is 3.90. The highest BCUT2D eigenvalue weighted by molar-refractivity contribution is 7.99. The van der Waals surface area contributed by atoms with Crippen molar-refractivity contribution in [3.63, 3.8) is 0 Å². The van der Waals surface area contributed by atoms with Gasteiger partial charge in [0.05, 0.1) is 16.4 Å². The van der Waals surface area contributed by atoms with Crippen LogP contribution < -0.4 is 5.32 Å². The van der Waals surface area contributed by atoms with Crippen molar-refractivity contribution in [1.82, 2.24) is 10.2 Å². The van der Waals surface area contributed by atoms with Crippen LogP contribution in [0.25, 0.3) is 0 Å². The maximum atomic E-state index is 12.6. The molecule has 0 radical (unpaired) electrons. The number of fused-ring (bicyclic) bond motifs is 1. The van der Waals surface area contributed by atoms with E-state index in [1.54, 1.807) is 47.4 Å². The maximum absolute atomic E-state index is 12.6. The molecule has 0 bridgehead atoms. The summed E-state index contributed by atoms with van der Waals surface area (Å²) in [6.07, 6.45) is 0. The summed E-state index contributed by atoms with van der Waals surface area (Å²) in [6, 6.07) is 9.96. The zero-order valence-electron chi connectivity index (χ0n) is 12.6. The smallest absolute Gasteiger partial charge is 0.262 e. The van der Waals surface area contributed by atoms with Crippen LogP contribution in [-0.2, 0) is 4.79 Å². The predicted molar refractivity (Wildman–Crippen MR) is 93.3 cm³/mol. The van der Waals surface area contributed by atoms with Crippen LogP contribution in [0.2, 0.25) is 0 Å². The third-order valence-corrected chi connectivity index (χ3v) is 6.68. The highest BCUT2D eigenvalue weighted by atomic mass is 32.2. The number of carbonyl (C=O) groups is 3. The monoisotopic (exact) mass is 358 g/mol. The van der Waals surface area contributed by atoms with Crippen molar-refractivity contribution < 1.29 is 14.4 Å². The van der Waals surface area contributed by atoms with Gasteiger partial charge >= 0.3 is 0 Å². The molecule has 1 aromatic heterocycles. The third kappa shape index (κ3) is 2.44. The molecule has 2 aliphatic heterocycles. The Bertz CT molecular complexity index is 784. The second-order valence-corrected chi connectivity index (χ2v) is 7.84. The predicted octanol–water partition coefficient (Wildman–Crippen LogP) is 2.32. The fourth-order valence-electron chi connectivity index (χ4n) is 2.99. The van der Waals surface area contributed by atoms with Gasteiger partial charge in [-0.05, 0) is 23.6 Å². The zero-order valence-corrected chi connectivity index (χ0v) is 14.2. The Morgan fingerprint density at radius 3 is 2.33 bits per heavy atom. The number of thiophene rings is 1. The van der Waals surface area contributed by atoms with Crippen LogP contribution in [0.15, 0.2) is 41.8 Å². The normalized spacial score (nSPS) is 23.8. The second kappa shape index (κ2) is 6.07. The first-order chi connectivity index (χ1) is 11.7. The molecule has 1 aromatic carbocycles. The first-order valence-corrected chi connectivity index (χ1v) is 9.49. The molecular weight excluding hydrogens is 344 g/mol. The standard InChI is InChI=1S/C17H14N2O3S2/c20-15-12(9-24-14(8-18-15)13-6-3-7-23-13)19-16(21)10-4-1-2-5-11(10)17(19)22/h1-7,12,14H,8-9H2,(H,18,20). The summed E-state index contributed by atoms with van der Waals surface area (Å²) in [4.78, 5) is 40.0. The van der Waals surface area contributed by atoms with Crippen LogP contribution in [0, 0.1) is 0 Å². The van der Waals surface area contributed by atoms with Crippen LogP contribution in [0.3, 0.4) is 0 Å². The summed E-state index contributed by atoms with van der Waals surface area (Å²) < 4.78 is 0. The molecule has 2 atom stereocenters. The van der Waals surface area contributed by atoms with E-state index in [1.165, 1.54) is 4.88 Å². The van der Waals surface area contributed by atoms with Crippen molar-refractivity contribution >= 4 is 40.8 Å². The molecule has 24 heavy (non-hydrogen) atoms. The first-order valence-electron chi connectivity index (χ1n) is 7.56. The van der Waals surface area contributed by atoms with Gasteiger partial charge in [0.1, 0.15) is 6.04 Å². The van der Waals surface area contributed by atoms with Gasteiger partial charge in [0.25, 0.3) is 11.8 Å². The van der Waals surface area contributed by atoms with Gasteiger partial charge in [-0.1, -0.05) is 18.2 Å². The van der Waals surface area contributed by atoms with Gasteiger partial charge in [0.15, 0.2) is 0 Å². The molecule has 1 fully saturated rings. The Labute approximate surface area is 147 Å². The van der Waals surface area contributed by atoms with Gasteiger partial charge in [-0.25, -0.2) is 0 Å². The van der Waals surface area contributed by atoms with Crippen molar-refractivity contribution in [3.8, 4) is 0 Å². The molecule has 2 aromatic rings. The first kappa shape index (κ1) is 15.4. The van der Waals surface area contributed by atoms with Crippen LogP contribution in [0.1, 0.15) is 30.8 Å². The number of imide groups is 1. The maximum Gasteiger partial charge on any atom is 0.262 e. The molecule has 0 spiro atoms. The molecular formula is C17H14N2O3S2. The average molecular weight is 358 g/mol. The lowest BCUT2D eigenvalue weighted by Crippen LogP contribution is -2.50. The molecule has 3 amide bonds. The Hall–Kier alpha value is -2.12. The lowest BCUT2D eigenvalue weighted by molar-refractivity contribution is -0.124. The summed E-state index contributed by atoms with van der Waals surface area (Å²) in [5.74, 6) is -0.632. The quantitative estimate of drug-likeness (QED) is 0.837. The number of hydrogen-bond acceptors (Lipinski definition) is 5. The summed E-state index contributed by atoms with van der Waals surface area (Å²) in [6.45, 7) is 0.504. The number of amides is 3. The van der Waals surface area contributed by atoms with Crippen molar-refractivity contribution in [2.45, 2.75) is 11.3 Å². The van der Waals surface area contributed by atoms with E-state index in [2.05, 4.69) is 5.32 Å². The molecule has 7 heteroatoms. The fraction of sp³-hybridized carbons (Fsp3) is 0.235. The molecule has 0 aliphatic carbocycles. The highest BCUT2D eigenvalue weighted by Crippen LogP contribution is 2.35. The van der Waals surface area contributed by atoms with E-state index in [1.807, 2.05) is 17.5 Å². The number of nitrogens with zero attached hydrogens (tertiary/aromatic N) is 1. The number of carbonyl (C=O) groups excluding carboxylic acids is 3. The lowest BCUT2D eigenvalue weighted by Gasteiger charge is -2.22. The van der Waals surface area contributed by atoms with Crippen molar-refractivity contribution in [3.05, 3.63) is 57.8 Å². The van der Waals surface area contributed by atoms with E-state index >= 15 is 0 Å². The number of rotatable bonds is 2. The lowest BCUT2D eigenvalue weighted by atomic mass is 10.1. The molecule has 3 heterocycles.